The van der Waals surface area contributed by atoms with E-state index in [1.165, 1.54) is 12.8 Å². The number of nitrogens with one attached hydrogen (secondary N) is 2. The Morgan fingerprint density at radius 1 is 1.31 bits per heavy atom. The second-order valence-corrected chi connectivity index (χ2v) is 4.59. The lowest BCUT2D eigenvalue weighted by molar-refractivity contribution is 0.390. The van der Waals surface area contributed by atoms with Gasteiger partial charge in [-0.05, 0) is 62.5 Å². The minimum atomic E-state index is -0.159. The highest BCUT2D eigenvalue weighted by Crippen LogP contribution is 2.16. The number of hydrogen-bond acceptors (Lipinski definition) is 2. The van der Waals surface area contributed by atoms with Gasteiger partial charge in [0.25, 0.3) is 0 Å². The standard InChI is InChI=1S/C13H19FN2/c1-10-6-12(14)8-13(7-10)16-9-11-2-4-15-5-3-11/h6-8,11,15-16H,2-5,9H2,1H3. The molecule has 1 aliphatic rings. The number of hydrogen-bond donors (Lipinski definition) is 2. The summed E-state index contributed by atoms with van der Waals surface area (Å²) in [6.07, 6.45) is 2.42. The van der Waals surface area contributed by atoms with Gasteiger partial charge in [0.2, 0.25) is 0 Å². The second-order valence-electron chi connectivity index (χ2n) is 4.59. The summed E-state index contributed by atoms with van der Waals surface area (Å²) in [5.74, 6) is 0.553. The van der Waals surface area contributed by atoms with Crippen LogP contribution in [0.5, 0.6) is 0 Å². The van der Waals surface area contributed by atoms with Gasteiger partial charge >= 0.3 is 0 Å². The van der Waals surface area contributed by atoms with Crippen molar-refractivity contribution in [3.63, 3.8) is 0 Å². The van der Waals surface area contributed by atoms with Crippen molar-refractivity contribution >= 4 is 5.69 Å². The summed E-state index contributed by atoms with van der Waals surface area (Å²) in [4.78, 5) is 0. The van der Waals surface area contributed by atoms with E-state index in [0.29, 0.717) is 5.92 Å². The van der Waals surface area contributed by atoms with Gasteiger partial charge in [0.15, 0.2) is 0 Å². The molecule has 0 atom stereocenters. The first-order valence-corrected chi connectivity index (χ1v) is 5.96. The Morgan fingerprint density at radius 3 is 2.75 bits per heavy atom. The lowest BCUT2D eigenvalue weighted by atomic mass is 9.98. The monoisotopic (exact) mass is 222 g/mol. The van der Waals surface area contributed by atoms with E-state index >= 15 is 0 Å². The second kappa shape index (κ2) is 5.30. The lowest BCUT2D eigenvalue weighted by Gasteiger charge is -2.23. The van der Waals surface area contributed by atoms with E-state index in [-0.39, 0.29) is 5.82 Å². The molecule has 3 heteroatoms. The topological polar surface area (TPSA) is 24.1 Å². The molecule has 1 heterocycles. The molecule has 1 aliphatic heterocycles. The zero-order chi connectivity index (χ0) is 11.4. The van der Waals surface area contributed by atoms with Crippen LogP contribution < -0.4 is 10.6 Å². The van der Waals surface area contributed by atoms with Crippen molar-refractivity contribution in [2.24, 2.45) is 5.92 Å². The van der Waals surface area contributed by atoms with Crippen molar-refractivity contribution in [2.45, 2.75) is 19.8 Å². The van der Waals surface area contributed by atoms with Gasteiger partial charge in [0, 0.05) is 12.2 Å². The Kier molecular flexibility index (Phi) is 3.78. The van der Waals surface area contributed by atoms with E-state index in [9.17, 15) is 4.39 Å². The van der Waals surface area contributed by atoms with Gasteiger partial charge in [-0.15, -0.1) is 0 Å². The quantitative estimate of drug-likeness (QED) is 0.821. The summed E-state index contributed by atoms with van der Waals surface area (Å²) in [6, 6.07) is 5.11. The largest absolute Gasteiger partial charge is 0.385 e. The molecule has 1 aromatic rings. The number of rotatable bonds is 3. The van der Waals surface area contributed by atoms with Crippen LogP contribution in [0.15, 0.2) is 18.2 Å². The molecular formula is C13H19FN2. The molecule has 2 nitrogen and oxygen atoms in total. The van der Waals surface area contributed by atoms with Crippen LogP contribution in [0.25, 0.3) is 0 Å². The van der Waals surface area contributed by atoms with Crippen LogP contribution in [0.1, 0.15) is 18.4 Å². The van der Waals surface area contributed by atoms with Crippen molar-refractivity contribution < 1.29 is 4.39 Å². The molecule has 1 fully saturated rings. The third kappa shape index (κ3) is 3.20. The predicted molar refractivity (Wildman–Crippen MR) is 65.2 cm³/mol. The minimum Gasteiger partial charge on any atom is -0.385 e. The molecular weight excluding hydrogens is 203 g/mol. The SMILES string of the molecule is Cc1cc(F)cc(NCC2CCNCC2)c1. The minimum absolute atomic E-state index is 0.159. The molecule has 0 unspecified atom stereocenters. The normalized spacial score (nSPS) is 17.4. The molecule has 2 rings (SSSR count). The van der Waals surface area contributed by atoms with Crippen molar-refractivity contribution in [3.8, 4) is 0 Å². The molecule has 0 aliphatic carbocycles. The zero-order valence-corrected chi connectivity index (χ0v) is 9.72. The van der Waals surface area contributed by atoms with Crippen LogP contribution in [-0.4, -0.2) is 19.6 Å². The summed E-state index contributed by atoms with van der Waals surface area (Å²) in [5, 5.41) is 6.67. The highest BCUT2D eigenvalue weighted by atomic mass is 19.1. The third-order valence-electron chi connectivity index (χ3n) is 3.10. The van der Waals surface area contributed by atoms with Gasteiger partial charge in [-0.1, -0.05) is 0 Å². The Balaban J connectivity index is 1.88. The van der Waals surface area contributed by atoms with Gasteiger partial charge in [0.05, 0.1) is 0 Å². The number of aryl methyl sites for hydroxylation is 1. The van der Waals surface area contributed by atoms with E-state index in [4.69, 9.17) is 0 Å². The number of piperidine rings is 1. The van der Waals surface area contributed by atoms with Gasteiger partial charge in [0.1, 0.15) is 5.82 Å². The van der Waals surface area contributed by atoms with Crippen molar-refractivity contribution in [2.75, 3.05) is 25.0 Å². The van der Waals surface area contributed by atoms with Crippen molar-refractivity contribution in [1.82, 2.24) is 5.32 Å². The van der Waals surface area contributed by atoms with E-state index in [0.717, 1.165) is 30.9 Å². The molecule has 0 aromatic heterocycles. The van der Waals surface area contributed by atoms with Crippen molar-refractivity contribution in [3.05, 3.63) is 29.6 Å². The zero-order valence-electron chi connectivity index (χ0n) is 9.72. The van der Waals surface area contributed by atoms with E-state index in [1.807, 2.05) is 13.0 Å². The highest BCUT2D eigenvalue weighted by molar-refractivity contribution is 5.45. The third-order valence-corrected chi connectivity index (χ3v) is 3.10. The Hall–Kier alpha value is -1.09. The van der Waals surface area contributed by atoms with Gasteiger partial charge < -0.3 is 10.6 Å². The molecule has 2 N–H and O–H groups in total. The average Bonchev–Trinajstić information content (AvgIpc) is 2.27. The fourth-order valence-electron chi connectivity index (χ4n) is 2.19. The molecule has 16 heavy (non-hydrogen) atoms. The lowest BCUT2D eigenvalue weighted by Crippen LogP contribution is -2.31. The van der Waals surface area contributed by atoms with Gasteiger partial charge in [-0.25, -0.2) is 4.39 Å². The van der Waals surface area contributed by atoms with Crippen LogP contribution in [-0.2, 0) is 0 Å². The summed E-state index contributed by atoms with van der Waals surface area (Å²) in [6.45, 7) is 5.08. The Labute approximate surface area is 96.2 Å². The molecule has 1 aromatic carbocycles. The average molecular weight is 222 g/mol. The first kappa shape index (κ1) is 11.4. The summed E-state index contributed by atoms with van der Waals surface area (Å²) >= 11 is 0. The van der Waals surface area contributed by atoms with E-state index in [2.05, 4.69) is 10.6 Å². The Morgan fingerprint density at radius 2 is 2.06 bits per heavy atom. The maximum atomic E-state index is 13.1. The smallest absolute Gasteiger partial charge is 0.125 e. The molecule has 1 saturated heterocycles. The van der Waals surface area contributed by atoms with E-state index < -0.39 is 0 Å². The predicted octanol–water partition coefficient (Wildman–Crippen LogP) is 2.55. The van der Waals surface area contributed by atoms with Crippen LogP contribution in [0.4, 0.5) is 10.1 Å². The summed E-state index contributed by atoms with van der Waals surface area (Å²) < 4.78 is 13.1. The fourth-order valence-corrected chi connectivity index (χ4v) is 2.19. The Bertz CT molecular complexity index is 326. The molecule has 88 valence electrons. The molecule has 0 saturated carbocycles. The van der Waals surface area contributed by atoms with Crippen LogP contribution in [0.3, 0.4) is 0 Å². The highest BCUT2D eigenvalue weighted by Gasteiger charge is 2.12. The maximum Gasteiger partial charge on any atom is 0.125 e. The van der Waals surface area contributed by atoms with Crippen LogP contribution in [0.2, 0.25) is 0 Å². The first-order chi connectivity index (χ1) is 7.74. The number of halogens is 1. The molecule has 0 spiro atoms. The maximum absolute atomic E-state index is 13.1. The number of anilines is 1. The van der Waals surface area contributed by atoms with Gasteiger partial charge in [-0.3, -0.25) is 0 Å². The molecule has 0 bridgehead atoms. The first-order valence-electron chi connectivity index (χ1n) is 5.96. The number of benzene rings is 1. The fraction of sp³-hybridized carbons (Fsp3) is 0.538. The van der Waals surface area contributed by atoms with E-state index in [1.54, 1.807) is 12.1 Å². The summed E-state index contributed by atoms with van der Waals surface area (Å²) in [5.41, 5.74) is 1.86. The van der Waals surface area contributed by atoms with Crippen molar-refractivity contribution in [1.29, 1.82) is 0 Å². The van der Waals surface area contributed by atoms with Gasteiger partial charge in [-0.2, -0.15) is 0 Å². The summed E-state index contributed by atoms with van der Waals surface area (Å²) in [7, 11) is 0. The van der Waals surface area contributed by atoms with Crippen LogP contribution >= 0.6 is 0 Å². The molecule has 0 radical (unpaired) electrons. The molecule has 0 amide bonds. The van der Waals surface area contributed by atoms with Crippen LogP contribution in [0, 0.1) is 18.7 Å².